The van der Waals surface area contributed by atoms with Gasteiger partial charge in [-0.05, 0) is 18.2 Å². The zero-order chi connectivity index (χ0) is 17.9. The lowest BCUT2D eigenvalue weighted by molar-refractivity contribution is -0.0443. The summed E-state index contributed by atoms with van der Waals surface area (Å²) < 4.78 is 17.0. The van der Waals surface area contributed by atoms with Gasteiger partial charge < -0.3 is 18.7 Å². The number of ether oxygens (including phenoxy) is 1. The van der Waals surface area contributed by atoms with E-state index in [4.69, 9.17) is 13.6 Å². The molecule has 2 aromatic heterocycles. The van der Waals surface area contributed by atoms with Crippen LogP contribution in [0.4, 0.5) is 0 Å². The Morgan fingerprint density at radius 2 is 2.15 bits per heavy atom. The van der Waals surface area contributed by atoms with Gasteiger partial charge in [-0.25, -0.2) is 9.78 Å². The summed E-state index contributed by atoms with van der Waals surface area (Å²) in [6.07, 6.45) is 2.92. The number of benzene rings is 1. The van der Waals surface area contributed by atoms with Crippen LogP contribution >= 0.6 is 0 Å². The average molecular weight is 354 g/mol. The molecule has 26 heavy (non-hydrogen) atoms. The fraction of sp³-hybridized carbons (Fsp3) is 0.263. The van der Waals surface area contributed by atoms with Crippen molar-refractivity contribution in [1.82, 2.24) is 9.88 Å². The van der Waals surface area contributed by atoms with Gasteiger partial charge in [-0.15, -0.1) is 0 Å². The SMILES string of the molecule is O=C(O)c1ccccc1-c1ccc(CN2CCO[C@H](c3cnco3)C2)o1. The molecule has 134 valence electrons. The first-order chi connectivity index (χ1) is 12.7. The van der Waals surface area contributed by atoms with Gasteiger partial charge in [-0.1, -0.05) is 18.2 Å². The third-order valence-electron chi connectivity index (χ3n) is 4.38. The molecule has 0 amide bonds. The number of hydrogen-bond acceptors (Lipinski definition) is 6. The summed E-state index contributed by atoms with van der Waals surface area (Å²) in [6.45, 7) is 2.67. The molecule has 3 heterocycles. The molecule has 0 radical (unpaired) electrons. The van der Waals surface area contributed by atoms with Gasteiger partial charge in [0, 0.05) is 18.7 Å². The smallest absolute Gasteiger partial charge is 0.336 e. The van der Waals surface area contributed by atoms with E-state index in [0.29, 0.717) is 36.8 Å². The average Bonchev–Trinajstić information content (AvgIpc) is 3.34. The van der Waals surface area contributed by atoms with Crippen molar-refractivity contribution in [3.05, 3.63) is 66.1 Å². The Bertz CT molecular complexity index is 887. The molecule has 1 fully saturated rings. The number of carboxylic acids is 1. The van der Waals surface area contributed by atoms with Crippen LogP contribution in [0.1, 0.15) is 28.0 Å². The van der Waals surface area contributed by atoms with E-state index in [2.05, 4.69) is 9.88 Å². The first-order valence-corrected chi connectivity index (χ1v) is 8.34. The quantitative estimate of drug-likeness (QED) is 0.752. The molecule has 1 N–H and O–H groups in total. The van der Waals surface area contributed by atoms with E-state index in [1.807, 2.05) is 12.1 Å². The van der Waals surface area contributed by atoms with E-state index in [0.717, 1.165) is 12.3 Å². The number of aromatic carboxylic acids is 1. The van der Waals surface area contributed by atoms with Crippen LogP contribution in [-0.4, -0.2) is 40.7 Å². The second kappa shape index (κ2) is 7.15. The number of oxazole rings is 1. The molecule has 7 nitrogen and oxygen atoms in total. The van der Waals surface area contributed by atoms with E-state index in [1.54, 1.807) is 30.5 Å². The summed E-state index contributed by atoms with van der Waals surface area (Å²) in [5.41, 5.74) is 0.804. The molecule has 1 aliphatic rings. The summed E-state index contributed by atoms with van der Waals surface area (Å²) in [5, 5.41) is 9.34. The predicted molar refractivity (Wildman–Crippen MR) is 91.6 cm³/mol. The molecule has 0 unspecified atom stereocenters. The van der Waals surface area contributed by atoms with Crippen LogP contribution in [0.3, 0.4) is 0 Å². The number of furan rings is 1. The Balaban J connectivity index is 1.48. The second-order valence-electron chi connectivity index (χ2n) is 6.12. The number of morpholine rings is 1. The largest absolute Gasteiger partial charge is 0.478 e. The highest BCUT2D eigenvalue weighted by atomic mass is 16.5. The molecule has 7 heteroatoms. The van der Waals surface area contributed by atoms with Gasteiger partial charge in [-0.2, -0.15) is 0 Å². The van der Waals surface area contributed by atoms with Crippen LogP contribution in [0.15, 0.2) is 57.8 Å². The third-order valence-corrected chi connectivity index (χ3v) is 4.38. The number of carboxylic acid groups (broad SMARTS) is 1. The maximum absolute atomic E-state index is 11.4. The standard InChI is InChI=1S/C19H18N2O5/c22-19(23)15-4-2-1-3-14(15)16-6-5-13(26-16)10-21-7-8-24-18(11-21)17-9-20-12-25-17/h1-6,9,12,18H,7-8,10-11H2,(H,22,23)/t18-/m0/s1. The lowest BCUT2D eigenvalue weighted by Crippen LogP contribution is -2.37. The zero-order valence-electron chi connectivity index (χ0n) is 14.0. The van der Waals surface area contributed by atoms with Crippen molar-refractivity contribution in [3.63, 3.8) is 0 Å². The van der Waals surface area contributed by atoms with Crippen LogP contribution in [0.25, 0.3) is 11.3 Å². The second-order valence-corrected chi connectivity index (χ2v) is 6.12. The lowest BCUT2D eigenvalue weighted by Gasteiger charge is -2.31. The summed E-state index contributed by atoms with van der Waals surface area (Å²) in [6, 6.07) is 10.5. The maximum atomic E-state index is 11.4. The van der Waals surface area contributed by atoms with Gasteiger partial charge in [0.25, 0.3) is 0 Å². The summed E-state index contributed by atoms with van der Waals surface area (Å²) in [7, 11) is 0. The van der Waals surface area contributed by atoms with Crippen LogP contribution in [0.2, 0.25) is 0 Å². The summed E-state index contributed by atoms with van der Waals surface area (Å²) in [4.78, 5) is 17.5. The number of aromatic nitrogens is 1. The molecule has 0 aliphatic carbocycles. The number of nitrogens with zero attached hydrogens (tertiary/aromatic N) is 2. The van der Waals surface area contributed by atoms with Crippen LogP contribution < -0.4 is 0 Å². The van der Waals surface area contributed by atoms with Crippen molar-refractivity contribution in [3.8, 4) is 11.3 Å². The van der Waals surface area contributed by atoms with Gasteiger partial charge >= 0.3 is 5.97 Å². The first-order valence-electron chi connectivity index (χ1n) is 8.34. The Morgan fingerprint density at radius 3 is 2.96 bits per heavy atom. The van der Waals surface area contributed by atoms with Gasteiger partial charge in [-0.3, -0.25) is 4.90 Å². The minimum absolute atomic E-state index is 0.145. The van der Waals surface area contributed by atoms with E-state index in [-0.39, 0.29) is 11.7 Å². The number of carbonyl (C=O) groups is 1. The zero-order valence-corrected chi connectivity index (χ0v) is 14.0. The Hall–Kier alpha value is -2.90. The van der Waals surface area contributed by atoms with Crippen LogP contribution in [-0.2, 0) is 11.3 Å². The van der Waals surface area contributed by atoms with E-state index < -0.39 is 5.97 Å². The molecule has 0 saturated carbocycles. The third kappa shape index (κ3) is 3.40. The highest BCUT2D eigenvalue weighted by Gasteiger charge is 2.25. The van der Waals surface area contributed by atoms with Gasteiger partial charge in [0.05, 0.1) is 24.9 Å². The van der Waals surface area contributed by atoms with Crippen molar-refractivity contribution >= 4 is 5.97 Å². The maximum Gasteiger partial charge on any atom is 0.336 e. The topological polar surface area (TPSA) is 88.9 Å². The molecule has 3 aromatic rings. The summed E-state index contributed by atoms with van der Waals surface area (Å²) in [5.74, 6) is 1.07. The van der Waals surface area contributed by atoms with Crippen molar-refractivity contribution in [2.45, 2.75) is 12.6 Å². The van der Waals surface area contributed by atoms with E-state index >= 15 is 0 Å². The first kappa shape index (κ1) is 16.6. The minimum Gasteiger partial charge on any atom is -0.478 e. The molecule has 4 rings (SSSR count). The highest BCUT2D eigenvalue weighted by molar-refractivity contribution is 5.95. The monoisotopic (exact) mass is 354 g/mol. The Morgan fingerprint density at radius 1 is 1.27 bits per heavy atom. The van der Waals surface area contributed by atoms with Crippen molar-refractivity contribution < 1.29 is 23.5 Å². The number of hydrogen-bond donors (Lipinski definition) is 1. The van der Waals surface area contributed by atoms with Crippen molar-refractivity contribution in [2.24, 2.45) is 0 Å². The van der Waals surface area contributed by atoms with Gasteiger partial charge in [0.1, 0.15) is 17.6 Å². The molecule has 0 bridgehead atoms. The molecule has 1 atom stereocenters. The molecule has 0 spiro atoms. The van der Waals surface area contributed by atoms with Crippen molar-refractivity contribution in [1.29, 1.82) is 0 Å². The summed E-state index contributed by atoms with van der Waals surface area (Å²) >= 11 is 0. The predicted octanol–water partition coefficient (Wildman–Crippen LogP) is 3.21. The normalized spacial score (nSPS) is 18.1. The fourth-order valence-corrected chi connectivity index (χ4v) is 3.12. The fourth-order valence-electron chi connectivity index (χ4n) is 3.12. The lowest BCUT2D eigenvalue weighted by atomic mass is 10.1. The molecular weight excluding hydrogens is 336 g/mol. The van der Waals surface area contributed by atoms with E-state index in [9.17, 15) is 9.90 Å². The van der Waals surface area contributed by atoms with Crippen molar-refractivity contribution in [2.75, 3.05) is 19.7 Å². The Kier molecular flexibility index (Phi) is 4.55. The highest BCUT2D eigenvalue weighted by Crippen LogP contribution is 2.28. The molecule has 1 aromatic carbocycles. The van der Waals surface area contributed by atoms with Crippen LogP contribution in [0.5, 0.6) is 0 Å². The minimum atomic E-state index is -0.971. The van der Waals surface area contributed by atoms with Crippen LogP contribution in [0, 0.1) is 0 Å². The molecular formula is C19H18N2O5. The van der Waals surface area contributed by atoms with E-state index in [1.165, 1.54) is 6.39 Å². The Labute approximate surface area is 149 Å². The molecule has 1 aliphatic heterocycles. The molecule has 1 saturated heterocycles. The van der Waals surface area contributed by atoms with Gasteiger partial charge in [0.15, 0.2) is 12.2 Å². The van der Waals surface area contributed by atoms with Gasteiger partial charge in [0.2, 0.25) is 0 Å². The number of rotatable bonds is 5.